The maximum absolute atomic E-state index is 11.6. The number of hydrogen-bond donors (Lipinski definition) is 1. The summed E-state index contributed by atoms with van der Waals surface area (Å²) in [6.45, 7) is 1.59. The van der Waals surface area contributed by atoms with Crippen LogP contribution in [0.2, 0.25) is 0 Å². The van der Waals surface area contributed by atoms with Gasteiger partial charge in [-0.25, -0.2) is 4.98 Å². The molecule has 2 aliphatic carbocycles. The zero-order chi connectivity index (χ0) is 15.2. The van der Waals surface area contributed by atoms with Crippen molar-refractivity contribution in [2.75, 3.05) is 19.8 Å². The topological polar surface area (TPSA) is 51.2 Å². The van der Waals surface area contributed by atoms with Crippen LogP contribution in [-0.4, -0.2) is 30.6 Å². The lowest BCUT2D eigenvalue weighted by Crippen LogP contribution is -2.29. The average molecular weight is 322 g/mol. The summed E-state index contributed by atoms with van der Waals surface area (Å²) in [4.78, 5) is 16.4. The highest BCUT2D eigenvalue weighted by Gasteiger charge is 2.21. The second-order valence-corrected chi connectivity index (χ2v) is 7.50. The van der Waals surface area contributed by atoms with E-state index in [9.17, 15) is 4.79 Å². The molecule has 0 aliphatic heterocycles. The van der Waals surface area contributed by atoms with Gasteiger partial charge in [-0.3, -0.25) is 4.79 Å². The molecule has 2 aliphatic rings. The van der Waals surface area contributed by atoms with Gasteiger partial charge in [0, 0.05) is 24.3 Å². The third kappa shape index (κ3) is 5.06. The lowest BCUT2D eigenvalue weighted by atomic mass is 9.87. The van der Waals surface area contributed by atoms with Crippen LogP contribution in [0.25, 0.3) is 0 Å². The van der Waals surface area contributed by atoms with Gasteiger partial charge in [-0.15, -0.1) is 11.3 Å². The minimum absolute atomic E-state index is 0.00953. The molecule has 1 heterocycles. The van der Waals surface area contributed by atoms with E-state index >= 15 is 0 Å². The Balaban J connectivity index is 1.32. The van der Waals surface area contributed by atoms with Crippen LogP contribution < -0.4 is 5.32 Å². The first-order valence-electron chi connectivity index (χ1n) is 8.60. The highest BCUT2D eigenvalue weighted by Crippen LogP contribution is 2.33. The fraction of sp³-hybridized carbons (Fsp3) is 0.765. The molecule has 1 amide bonds. The summed E-state index contributed by atoms with van der Waals surface area (Å²) in [5, 5.41) is 6.27. The van der Waals surface area contributed by atoms with Crippen LogP contribution in [0.15, 0.2) is 5.38 Å². The monoisotopic (exact) mass is 322 g/mol. The van der Waals surface area contributed by atoms with Gasteiger partial charge in [-0.1, -0.05) is 19.3 Å². The van der Waals surface area contributed by atoms with E-state index in [-0.39, 0.29) is 12.5 Å². The molecule has 1 aromatic heterocycles. The van der Waals surface area contributed by atoms with Crippen molar-refractivity contribution in [1.82, 2.24) is 10.3 Å². The second kappa shape index (κ2) is 8.06. The van der Waals surface area contributed by atoms with E-state index in [1.807, 2.05) is 0 Å². The van der Waals surface area contributed by atoms with Crippen LogP contribution in [0.5, 0.6) is 0 Å². The molecule has 2 fully saturated rings. The number of amides is 1. The predicted octanol–water partition coefficient (Wildman–Crippen LogP) is 3.28. The molecule has 0 unspecified atom stereocenters. The lowest BCUT2D eigenvalue weighted by molar-refractivity contribution is -0.125. The normalized spacial score (nSPS) is 19.3. The molecule has 0 radical (unpaired) electrons. The Morgan fingerprint density at radius 1 is 1.27 bits per heavy atom. The summed E-state index contributed by atoms with van der Waals surface area (Å²) in [5.74, 6) is 1.37. The highest BCUT2D eigenvalue weighted by atomic mass is 32.1. The van der Waals surface area contributed by atoms with Gasteiger partial charge < -0.3 is 10.1 Å². The van der Waals surface area contributed by atoms with Crippen molar-refractivity contribution in [2.45, 2.75) is 57.3 Å². The lowest BCUT2D eigenvalue weighted by Gasteiger charge is -2.19. The standard InChI is InChI=1S/C17H26N2O2S/c20-16(11-21-10-13-6-7-13)18-9-8-17-19-15(12-22-17)14-4-2-1-3-5-14/h12-14H,1-11H2,(H,18,20). The third-order valence-corrected chi connectivity index (χ3v) is 5.46. The van der Waals surface area contributed by atoms with Crippen LogP contribution in [0, 0.1) is 5.92 Å². The van der Waals surface area contributed by atoms with E-state index in [1.54, 1.807) is 11.3 Å². The zero-order valence-electron chi connectivity index (χ0n) is 13.2. The van der Waals surface area contributed by atoms with E-state index in [0.717, 1.165) is 18.0 Å². The van der Waals surface area contributed by atoms with Crippen molar-refractivity contribution in [3.05, 3.63) is 16.1 Å². The van der Waals surface area contributed by atoms with Gasteiger partial charge in [0.2, 0.25) is 5.91 Å². The summed E-state index contributed by atoms with van der Waals surface area (Å²) in [7, 11) is 0. The first-order chi connectivity index (χ1) is 10.8. The van der Waals surface area contributed by atoms with Gasteiger partial charge in [-0.05, 0) is 31.6 Å². The Labute approximate surface area is 136 Å². The molecule has 22 heavy (non-hydrogen) atoms. The predicted molar refractivity (Wildman–Crippen MR) is 88.2 cm³/mol. The van der Waals surface area contributed by atoms with Crippen LogP contribution in [0.4, 0.5) is 0 Å². The fourth-order valence-corrected chi connectivity index (χ4v) is 3.87. The number of nitrogens with zero attached hydrogens (tertiary/aromatic N) is 1. The van der Waals surface area contributed by atoms with Gasteiger partial charge >= 0.3 is 0 Å². The maximum atomic E-state index is 11.6. The number of rotatable bonds is 8. The summed E-state index contributed by atoms with van der Waals surface area (Å²) in [6, 6.07) is 0. The fourth-order valence-electron chi connectivity index (χ4n) is 2.99. The first-order valence-corrected chi connectivity index (χ1v) is 9.48. The third-order valence-electron chi connectivity index (χ3n) is 4.54. The largest absolute Gasteiger partial charge is 0.371 e. The van der Waals surface area contributed by atoms with Crippen molar-refractivity contribution < 1.29 is 9.53 Å². The Morgan fingerprint density at radius 2 is 2.09 bits per heavy atom. The average Bonchev–Trinajstić information content (AvgIpc) is 3.24. The molecule has 0 bridgehead atoms. The van der Waals surface area contributed by atoms with Crippen LogP contribution in [0.3, 0.4) is 0 Å². The Bertz CT molecular complexity index is 479. The Morgan fingerprint density at radius 3 is 2.86 bits per heavy atom. The molecule has 0 atom stereocenters. The smallest absolute Gasteiger partial charge is 0.246 e. The van der Waals surface area contributed by atoms with Crippen molar-refractivity contribution in [3.63, 3.8) is 0 Å². The molecule has 4 nitrogen and oxygen atoms in total. The van der Waals surface area contributed by atoms with Crippen molar-refractivity contribution in [2.24, 2.45) is 5.92 Å². The summed E-state index contributed by atoms with van der Waals surface area (Å²) in [6.07, 6.45) is 9.98. The first kappa shape index (κ1) is 15.9. The van der Waals surface area contributed by atoms with Gasteiger partial charge in [0.25, 0.3) is 0 Å². The van der Waals surface area contributed by atoms with Gasteiger partial charge in [-0.2, -0.15) is 0 Å². The molecule has 0 spiro atoms. The number of thiazole rings is 1. The van der Waals surface area contributed by atoms with Gasteiger partial charge in [0.1, 0.15) is 6.61 Å². The SMILES string of the molecule is O=C(COCC1CC1)NCCc1nc(C2CCCCC2)cs1. The number of hydrogen-bond acceptors (Lipinski definition) is 4. The van der Waals surface area contributed by atoms with E-state index in [4.69, 9.17) is 9.72 Å². The summed E-state index contributed by atoms with van der Waals surface area (Å²) < 4.78 is 5.38. The molecule has 122 valence electrons. The van der Waals surface area contributed by atoms with Crippen LogP contribution >= 0.6 is 11.3 Å². The van der Waals surface area contributed by atoms with E-state index in [0.29, 0.717) is 18.4 Å². The molecular formula is C17H26N2O2S. The van der Waals surface area contributed by atoms with E-state index in [2.05, 4.69) is 10.7 Å². The minimum Gasteiger partial charge on any atom is -0.371 e. The van der Waals surface area contributed by atoms with Crippen molar-refractivity contribution in [1.29, 1.82) is 0 Å². The molecule has 3 rings (SSSR count). The van der Waals surface area contributed by atoms with E-state index < -0.39 is 0 Å². The molecule has 0 saturated heterocycles. The molecule has 1 N–H and O–H groups in total. The molecule has 1 aromatic rings. The number of nitrogens with one attached hydrogen (secondary N) is 1. The van der Waals surface area contributed by atoms with Crippen LogP contribution in [0.1, 0.15) is 61.6 Å². The van der Waals surface area contributed by atoms with E-state index in [1.165, 1.54) is 50.6 Å². The van der Waals surface area contributed by atoms with Crippen molar-refractivity contribution in [3.8, 4) is 0 Å². The van der Waals surface area contributed by atoms with Crippen molar-refractivity contribution >= 4 is 17.2 Å². The summed E-state index contributed by atoms with van der Waals surface area (Å²) >= 11 is 1.73. The minimum atomic E-state index is -0.00953. The number of ether oxygens (including phenoxy) is 1. The molecular weight excluding hydrogens is 296 g/mol. The Hall–Kier alpha value is -0.940. The number of carbonyl (C=O) groups is 1. The van der Waals surface area contributed by atoms with Gasteiger partial charge in [0.05, 0.1) is 17.3 Å². The quantitative estimate of drug-likeness (QED) is 0.799. The zero-order valence-corrected chi connectivity index (χ0v) is 14.0. The number of aromatic nitrogens is 1. The van der Waals surface area contributed by atoms with Crippen LogP contribution in [-0.2, 0) is 16.0 Å². The second-order valence-electron chi connectivity index (χ2n) is 6.56. The number of carbonyl (C=O) groups excluding carboxylic acids is 1. The maximum Gasteiger partial charge on any atom is 0.246 e. The molecule has 5 heteroatoms. The van der Waals surface area contributed by atoms with Gasteiger partial charge in [0.15, 0.2) is 0 Å². The molecule has 0 aromatic carbocycles. The molecule has 2 saturated carbocycles. The Kier molecular flexibility index (Phi) is 5.84. The summed E-state index contributed by atoms with van der Waals surface area (Å²) in [5.41, 5.74) is 1.28. The highest BCUT2D eigenvalue weighted by molar-refractivity contribution is 7.09.